The van der Waals surface area contributed by atoms with Gasteiger partial charge in [0.05, 0.1) is 17.1 Å². The van der Waals surface area contributed by atoms with Crippen LogP contribution in [0.15, 0.2) is 29.1 Å². The molecule has 33 heavy (non-hydrogen) atoms. The van der Waals surface area contributed by atoms with Crippen LogP contribution in [-0.2, 0) is 17.6 Å². The highest BCUT2D eigenvalue weighted by molar-refractivity contribution is 7.18. The predicted octanol–water partition coefficient (Wildman–Crippen LogP) is 4.23. The topological polar surface area (TPSA) is 98.3 Å². The minimum absolute atomic E-state index is 0.0224. The summed E-state index contributed by atoms with van der Waals surface area (Å²) in [6, 6.07) is 6.75. The fourth-order valence-electron chi connectivity index (χ4n) is 5.10. The van der Waals surface area contributed by atoms with Gasteiger partial charge < -0.3 is 15.4 Å². The van der Waals surface area contributed by atoms with E-state index in [4.69, 9.17) is 4.98 Å². The number of likely N-dealkylation sites (tertiary alicyclic amines) is 1. The molecule has 3 aromatic rings. The number of aromatic amines is 1. The number of amides is 1. The van der Waals surface area contributed by atoms with Crippen LogP contribution in [0.4, 0.5) is 5.69 Å². The number of para-hydroxylation sites is 2. The smallest absolute Gasteiger partial charge is 0.259 e. The Morgan fingerprint density at radius 3 is 2.79 bits per heavy atom. The third-order valence-electron chi connectivity index (χ3n) is 7.19. The van der Waals surface area contributed by atoms with Gasteiger partial charge >= 0.3 is 0 Å². The van der Waals surface area contributed by atoms with E-state index < -0.39 is 0 Å². The lowest BCUT2D eigenvalue weighted by molar-refractivity contribution is -0.121. The van der Waals surface area contributed by atoms with Crippen LogP contribution in [0.1, 0.15) is 55.4 Å². The number of thiophene rings is 1. The van der Waals surface area contributed by atoms with Crippen molar-refractivity contribution >= 4 is 33.1 Å². The lowest BCUT2D eigenvalue weighted by atomic mass is 9.89. The standard InChI is InChI=1S/C25H30N4O3S/c1-14-7-8-17-20(13-14)33-25-21(17)24(32)27-22(28-25)15(2)29-11-9-16(10-12-29)23(31)26-18-5-3-4-6-19(18)30/h3-6,14-16,30H,7-13H2,1-2H3,(H,26,31)(H,27,28,32)/t14-,15+/m1/s1. The van der Waals surface area contributed by atoms with E-state index in [2.05, 4.69) is 29.0 Å². The SMILES string of the molecule is C[C@@H]1CCc2c(sc3nc([C@H](C)N4CCC(C(=O)Nc5ccccc5O)CC4)[nH]c(=O)c23)C1. The van der Waals surface area contributed by atoms with E-state index in [1.165, 1.54) is 10.4 Å². The minimum atomic E-state index is -0.103. The highest BCUT2D eigenvalue weighted by Crippen LogP contribution is 2.36. The van der Waals surface area contributed by atoms with E-state index in [0.717, 1.165) is 55.4 Å². The van der Waals surface area contributed by atoms with Gasteiger partial charge in [0.2, 0.25) is 5.91 Å². The van der Waals surface area contributed by atoms with Gasteiger partial charge in [0.25, 0.3) is 5.56 Å². The molecule has 5 rings (SSSR count). The highest BCUT2D eigenvalue weighted by Gasteiger charge is 2.30. The van der Waals surface area contributed by atoms with Crippen molar-refractivity contribution in [1.29, 1.82) is 0 Å². The van der Waals surface area contributed by atoms with Crippen LogP contribution in [0, 0.1) is 11.8 Å². The van der Waals surface area contributed by atoms with E-state index >= 15 is 0 Å². The summed E-state index contributed by atoms with van der Waals surface area (Å²) in [5, 5.41) is 13.5. The summed E-state index contributed by atoms with van der Waals surface area (Å²) >= 11 is 1.68. The number of phenolic OH excluding ortho intramolecular Hbond substituents is 1. The first-order valence-electron chi connectivity index (χ1n) is 11.8. The van der Waals surface area contributed by atoms with Crippen molar-refractivity contribution in [2.75, 3.05) is 18.4 Å². The second-order valence-corrected chi connectivity index (χ2v) is 10.6. The molecule has 1 aromatic carbocycles. The molecule has 1 fully saturated rings. The molecule has 1 saturated heterocycles. The maximum atomic E-state index is 13.0. The quantitative estimate of drug-likeness (QED) is 0.500. The van der Waals surface area contributed by atoms with Crippen molar-refractivity contribution < 1.29 is 9.90 Å². The average Bonchev–Trinajstić information content (AvgIpc) is 3.18. The first kappa shape index (κ1) is 22.1. The van der Waals surface area contributed by atoms with Crippen LogP contribution in [0.2, 0.25) is 0 Å². The van der Waals surface area contributed by atoms with Gasteiger partial charge in [-0.15, -0.1) is 11.3 Å². The fourth-order valence-corrected chi connectivity index (χ4v) is 6.49. The average molecular weight is 467 g/mol. The van der Waals surface area contributed by atoms with Crippen molar-refractivity contribution in [3.05, 3.63) is 50.9 Å². The molecule has 174 valence electrons. The van der Waals surface area contributed by atoms with Crippen LogP contribution in [0.25, 0.3) is 10.2 Å². The number of hydrogen-bond acceptors (Lipinski definition) is 6. The molecule has 0 saturated carbocycles. The summed E-state index contributed by atoms with van der Waals surface area (Å²) in [5.74, 6) is 1.28. The van der Waals surface area contributed by atoms with Crippen molar-refractivity contribution in [3.8, 4) is 5.75 Å². The Balaban J connectivity index is 1.27. The molecular formula is C25H30N4O3S. The molecule has 3 heterocycles. The Morgan fingerprint density at radius 1 is 1.27 bits per heavy atom. The van der Waals surface area contributed by atoms with Gasteiger partial charge in [-0.2, -0.15) is 0 Å². The molecule has 3 N–H and O–H groups in total. The summed E-state index contributed by atoms with van der Waals surface area (Å²) < 4.78 is 0. The number of piperidine rings is 1. The lowest BCUT2D eigenvalue weighted by Gasteiger charge is -2.35. The van der Waals surface area contributed by atoms with Gasteiger partial charge in [-0.3, -0.25) is 14.5 Å². The Labute approximate surface area is 196 Å². The maximum absolute atomic E-state index is 13.0. The minimum Gasteiger partial charge on any atom is -0.506 e. The number of aromatic nitrogens is 2. The number of benzene rings is 1. The second-order valence-electron chi connectivity index (χ2n) is 9.48. The molecular weight excluding hydrogens is 436 g/mol. The number of fused-ring (bicyclic) bond motifs is 3. The molecule has 8 heteroatoms. The molecule has 7 nitrogen and oxygen atoms in total. The Kier molecular flexibility index (Phi) is 5.97. The number of hydrogen-bond donors (Lipinski definition) is 3. The predicted molar refractivity (Wildman–Crippen MR) is 131 cm³/mol. The normalized spacial score (nSPS) is 20.5. The molecule has 2 aliphatic rings. The number of nitrogens with one attached hydrogen (secondary N) is 2. The van der Waals surface area contributed by atoms with Crippen LogP contribution < -0.4 is 10.9 Å². The number of carbonyl (C=O) groups is 1. The monoisotopic (exact) mass is 466 g/mol. The number of aromatic hydroxyl groups is 1. The summed E-state index contributed by atoms with van der Waals surface area (Å²) in [4.78, 5) is 38.0. The van der Waals surface area contributed by atoms with Gasteiger partial charge in [-0.1, -0.05) is 19.1 Å². The van der Waals surface area contributed by atoms with Crippen molar-refractivity contribution in [1.82, 2.24) is 14.9 Å². The number of nitrogens with zero attached hydrogens (tertiary/aromatic N) is 2. The van der Waals surface area contributed by atoms with E-state index in [1.807, 2.05) is 0 Å². The summed E-state index contributed by atoms with van der Waals surface area (Å²) in [6.45, 7) is 5.84. The van der Waals surface area contributed by atoms with Crippen molar-refractivity contribution in [2.45, 2.75) is 52.0 Å². The number of phenols is 1. The second kappa shape index (κ2) is 8.91. The number of rotatable bonds is 4. The summed E-state index contributed by atoms with van der Waals surface area (Å²) in [5.41, 5.74) is 1.63. The zero-order valence-electron chi connectivity index (χ0n) is 19.1. The number of carbonyl (C=O) groups excluding carboxylic acids is 1. The van der Waals surface area contributed by atoms with Gasteiger partial charge in [0, 0.05) is 10.8 Å². The molecule has 1 amide bonds. The molecule has 2 aromatic heterocycles. The molecule has 1 aliphatic heterocycles. The van der Waals surface area contributed by atoms with E-state index in [1.54, 1.807) is 35.6 Å². The molecule has 0 unspecified atom stereocenters. The lowest BCUT2D eigenvalue weighted by Crippen LogP contribution is -2.40. The summed E-state index contributed by atoms with van der Waals surface area (Å²) in [7, 11) is 0. The number of H-pyrrole nitrogens is 1. The Morgan fingerprint density at radius 2 is 2.03 bits per heavy atom. The van der Waals surface area contributed by atoms with E-state index in [0.29, 0.717) is 17.4 Å². The van der Waals surface area contributed by atoms with Crippen LogP contribution >= 0.6 is 11.3 Å². The fraction of sp³-hybridized carbons (Fsp3) is 0.480. The first-order chi connectivity index (χ1) is 15.9. The number of anilines is 1. The van der Waals surface area contributed by atoms with Crippen LogP contribution in [0.3, 0.4) is 0 Å². The largest absolute Gasteiger partial charge is 0.506 e. The maximum Gasteiger partial charge on any atom is 0.259 e. The van der Waals surface area contributed by atoms with E-state index in [-0.39, 0.29) is 29.2 Å². The van der Waals surface area contributed by atoms with Gasteiger partial charge in [-0.25, -0.2) is 4.98 Å². The number of aryl methyl sites for hydroxylation is 1. The molecule has 1 aliphatic carbocycles. The Hall–Kier alpha value is -2.71. The molecule has 0 bridgehead atoms. The van der Waals surface area contributed by atoms with Crippen LogP contribution in [-0.4, -0.2) is 39.0 Å². The van der Waals surface area contributed by atoms with Gasteiger partial charge in [0.15, 0.2) is 0 Å². The Bertz CT molecular complexity index is 1240. The summed E-state index contributed by atoms with van der Waals surface area (Å²) in [6.07, 6.45) is 4.58. The third-order valence-corrected chi connectivity index (χ3v) is 8.34. The zero-order valence-corrected chi connectivity index (χ0v) is 19.9. The highest BCUT2D eigenvalue weighted by atomic mass is 32.1. The molecule has 2 atom stereocenters. The first-order valence-corrected chi connectivity index (χ1v) is 12.6. The van der Waals surface area contributed by atoms with E-state index in [9.17, 15) is 14.7 Å². The van der Waals surface area contributed by atoms with Gasteiger partial charge in [0.1, 0.15) is 16.4 Å². The molecule has 0 radical (unpaired) electrons. The van der Waals surface area contributed by atoms with Crippen LogP contribution in [0.5, 0.6) is 5.75 Å². The molecule has 0 spiro atoms. The van der Waals surface area contributed by atoms with Crippen molar-refractivity contribution in [3.63, 3.8) is 0 Å². The van der Waals surface area contributed by atoms with Crippen molar-refractivity contribution in [2.24, 2.45) is 11.8 Å². The van der Waals surface area contributed by atoms with Gasteiger partial charge in [-0.05, 0) is 75.7 Å². The zero-order chi connectivity index (χ0) is 23.1. The third kappa shape index (κ3) is 4.29.